The van der Waals surface area contributed by atoms with Gasteiger partial charge in [-0.15, -0.1) is 0 Å². The lowest BCUT2D eigenvalue weighted by Gasteiger charge is -2.33. The van der Waals surface area contributed by atoms with Gasteiger partial charge in [0.25, 0.3) is 10.2 Å². The third-order valence-corrected chi connectivity index (χ3v) is 4.80. The van der Waals surface area contributed by atoms with Crippen molar-refractivity contribution in [3.8, 4) is 0 Å². The quantitative estimate of drug-likeness (QED) is 0.742. The van der Waals surface area contributed by atoms with Crippen molar-refractivity contribution in [3.05, 3.63) is 0 Å². The van der Waals surface area contributed by atoms with Crippen LogP contribution in [0.2, 0.25) is 0 Å². The molecular weight excluding hydrogens is 306 g/mol. The molecule has 0 radical (unpaired) electrons. The standard InChI is InChI=1S/C14H29N3O4S/c1-11-8-12(2)10-17(9-11)22(19,20)16-7-6-15-13(18)21-14(3,4)5/h11-12,16H,6-10H2,1-5H3,(H,15,18). The molecule has 130 valence electrons. The Morgan fingerprint density at radius 3 is 2.23 bits per heavy atom. The number of nitrogens with zero attached hydrogens (tertiary/aromatic N) is 1. The zero-order valence-corrected chi connectivity index (χ0v) is 15.0. The Balaban J connectivity index is 2.35. The van der Waals surface area contributed by atoms with Crippen LogP contribution in [0, 0.1) is 11.8 Å². The van der Waals surface area contributed by atoms with Gasteiger partial charge in [0.15, 0.2) is 0 Å². The Labute approximate surface area is 134 Å². The van der Waals surface area contributed by atoms with E-state index in [0.29, 0.717) is 24.9 Å². The van der Waals surface area contributed by atoms with Gasteiger partial charge in [0.1, 0.15) is 5.60 Å². The molecule has 22 heavy (non-hydrogen) atoms. The molecule has 2 unspecified atom stereocenters. The summed E-state index contributed by atoms with van der Waals surface area (Å²) < 4.78 is 33.5. The SMILES string of the molecule is CC1CC(C)CN(S(=O)(=O)NCCNC(=O)OC(C)(C)C)C1. The fourth-order valence-electron chi connectivity index (χ4n) is 2.55. The van der Waals surface area contributed by atoms with E-state index in [1.807, 2.05) is 0 Å². The van der Waals surface area contributed by atoms with Crippen LogP contribution >= 0.6 is 0 Å². The van der Waals surface area contributed by atoms with Gasteiger partial charge in [-0.3, -0.25) is 0 Å². The van der Waals surface area contributed by atoms with Gasteiger partial charge in [0.2, 0.25) is 0 Å². The van der Waals surface area contributed by atoms with Crippen LogP contribution in [0.3, 0.4) is 0 Å². The van der Waals surface area contributed by atoms with Gasteiger partial charge in [-0.25, -0.2) is 9.52 Å². The van der Waals surface area contributed by atoms with Crippen molar-refractivity contribution >= 4 is 16.3 Å². The zero-order chi connectivity index (χ0) is 17.0. The minimum atomic E-state index is -3.49. The normalized spacial score (nSPS) is 24.0. The average molecular weight is 335 g/mol. The largest absolute Gasteiger partial charge is 0.444 e. The van der Waals surface area contributed by atoms with Crippen LogP contribution in [0.1, 0.15) is 41.0 Å². The molecule has 0 bridgehead atoms. The summed E-state index contributed by atoms with van der Waals surface area (Å²) in [7, 11) is -3.49. The molecule has 0 aromatic rings. The maximum atomic E-state index is 12.2. The topological polar surface area (TPSA) is 87.7 Å². The first kappa shape index (κ1) is 19.2. The van der Waals surface area contributed by atoms with Gasteiger partial charge >= 0.3 is 6.09 Å². The fourth-order valence-corrected chi connectivity index (χ4v) is 4.00. The summed E-state index contributed by atoms with van der Waals surface area (Å²) in [5.41, 5.74) is -0.566. The first-order valence-corrected chi connectivity index (χ1v) is 9.15. The van der Waals surface area contributed by atoms with E-state index in [1.54, 1.807) is 20.8 Å². The molecule has 1 amide bonds. The highest BCUT2D eigenvalue weighted by Gasteiger charge is 2.30. The number of nitrogens with one attached hydrogen (secondary N) is 2. The minimum absolute atomic E-state index is 0.140. The Hall–Kier alpha value is -0.860. The van der Waals surface area contributed by atoms with Gasteiger partial charge in [-0.05, 0) is 39.0 Å². The number of carbonyl (C=O) groups is 1. The highest BCUT2D eigenvalue weighted by Crippen LogP contribution is 2.22. The number of carbonyl (C=O) groups excluding carboxylic acids is 1. The molecule has 1 fully saturated rings. The fraction of sp³-hybridized carbons (Fsp3) is 0.929. The lowest BCUT2D eigenvalue weighted by molar-refractivity contribution is 0.0529. The molecule has 0 aliphatic carbocycles. The number of amides is 1. The maximum absolute atomic E-state index is 12.2. The molecule has 2 N–H and O–H groups in total. The second-order valence-corrected chi connectivity index (χ2v) is 8.85. The van der Waals surface area contributed by atoms with E-state index >= 15 is 0 Å². The van der Waals surface area contributed by atoms with E-state index < -0.39 is 21.9 Å². The smallest absolute Gasteiger partial charge is 0.407 e. The van der Waals surface area contributed by atoms with E-state index in [9.17, 15) is 13.2 Å². The number of piperidine rings is 1. The third kappa shape index (κ3) is 6.93. The third-order valence-electron chi connectivity index (χ3n) is 3.25. The lowest BCUT2D eigenvalue weighted by atomic mass is 9.94. The monoisotopic (exact) mass is 335 g/mol. The Morgan fingerprint density at radius 1 is 1.18 bits per heavy atom. The first-order valence-electron chi connectivity index (χ1n) is 7.71. The van der Waals surface area contributed by atoms with Gasteiger partial charge in [0, 0.05) is 26.2 Å². The second kappa shape index (κ2) is 7.61. The van der Waals surface area contributed by atoms with E-state index in [2.05, 4.69) is 23.9 Å². The van der Waals surface area contributed by atoms with Gasteiger partial charge < -0.3 is 10.1 Å². The summed E-state index contributed by atoms with van der Waals surface area (Å²) in [6, 6.07) is 0. The molecule has 1 saturated heterocycles. The Bertz CT molecular complexity index is 463. The van der Waals surface area contributed by atoms with Crippen molar-refractivity contribution in [2.24, 2.45) is 11.8 Å². The van der Waals surface area contributed by atoms with Crippen molar-refractivity contribution in [3.63, 3.8) is 0 Å². The Morgan fingerprint density at radius 2 is 1.73 bits per heavy atom. The van der Waals surface area contributed by atoms with Crippen molar-refractivity contribution in [2.45, 2.75) is 46.6 Å². The van der Waals surface area contributed by atoms with Gasteiger partial charge in [0.05, 0.1) is 0 Å². The molecule has 1 heterocycles. The average Bonchev–Trinajstić information content (AvgIpc) is 2.31. The molecule has 0 aromatic heterocycles. The molecule has 1 aliphatic heterocycles. The summed E-state index contributed by atoms with van der Waals surface area (Å²) in [5.74, 6) is 0.723. The summed E-state index contributed by atoms with van der Waals surface area (Å²) in [5, 5.41) is 2.53. The number of alkyl carbamates (subject to hydrolysis) is 1. The molecule has 1 aliphatic rings. The maximum Gasteiger partial charge on any atom is 0.407 e. The molecule has 1 rings (SSSR count). The van der Waals surface area contributed by atoms with Gasteiger partial charge in [-0.2, -0.15) is 12.7 Å². The van der Waals surface area contributed by atoms with Crippen molar-refractivity contribution in [1.29, 1.82) is 0 Å². The second-order valence-electron chi connectivity index (χ2n) is 7.09. The molecule has 2 atom stereocenters. The summed E-state index contributed by atoms with van der Waals surface area (Å²) in [6.07, 6.45) is 0.499. The number of hydrogen-bond donors (Lipinski definition) is 2. The minimum Gasteiger partial charge on any atom is -0.444 e. The van der Waals surface area contributed by atoms with Gasteiger partial charge in [-0.1, -0.05) is 13.8 Å². The summed E-state index contributed by atoms with van der Waals surface area (Å²) >= 11 is 0. The number of ether oxygens (including phenoxy) is 1. The van der Waals surface area contributed by atoms with Crippen LogP contribution in [0.25, 0.3) is 0 Å². The van der Waals surface area contributed by atoms with E-state index in [4.69, 9.17) is 4.74 Å². The summed E-state index contributed by atoms with van der Waals surface area (Å²) in [6.45, 7) is 10.8. The predicted molar refractivity (Wildman–Crippen MR) is 85.7 cm³/mol. The highest BCUT2D eigenvalue weighted by molar-refractivity contribution is 7.87. The highest BCUT2D eigenvalue weighted by atomic mass is 32.2. The summed E-state index contributed by atoms with van der Waals surface area (Å²) in [4.78, 5) is 11.4. The molecule has 0 aromatic carbocycles. The van der Waals surface area contributed by atoms with Crippen LogP contribution < -0.4 is 10.0 Å². The van der Waals surface area contributed by atoms with E-state index in [0.717, 1.165) is 6.42 Å². The Kier molecular flexibility index (Phi) is 6.64. The van der Waals surface area contributed by atoms with Crippen LogP contribution in [0.5, 0.6) is 0 Å². The van der Waals surface area contributed by atoms with E-state index in [-0.39, 0.29) is 13.1 Å². The van der Waals surface area contributed by atoms with Crippen LogP contribution in [-0.2, 0) is 14.9 Å². The molecule has 8 heteroatoms. The number of hydrogen-bond acceptors (Lipinski definition) is 4. The van der Waals surface area contributed by atoms with Crippen molar-refractivity contribution in [1.82, 2.24) is 14.3 Å². The predicted octanol–water partition coefficient (Wildman–Crippen LogP) is 1.32. The molecule has 7 nitrogen and oxygen atoms in total. The molecular formula is C14H29N3O4S. The van der Waals surface area contributed by atoms with Crippen LogP contribution in [0.15, 0.2) is 0 Å². The first-order chi connectivity index (χ1) is 9.99. The zero-order valence-electron chi connectivity index (χ0n) is 14.2. The molecule has 0 spiro atoms. The lowest BCUT2D eigenvalue weighted by Crippen LogP contribution is -2.49. The van der Waals surface area contributed by atoms with Crippen LogP contribution in [-0.4, -0.2) is 50.6 Å². The van der Waals surface area contributed by atoms with E-state index in [1.165, 1.54) is 4.31 Å². The van der Waals surface area contributed by atoms with Crippen LogP contribution in [0.4, 0.5) is 4.79 Å². The number of rotatable bonds is 5. The van der Waals surface area contributed by atoms with Crippen molar-refractivity contribution in [2.75, 3.05) is 26.2 Å². The van der Waals surface area contributed by atoms with Crippen molar-refractivity contribution < 1.29 is 17.9 Å². The molecule has 0 saturated carbocycles.